The Bertz CT molecular complexity index is 1100. The Kier molecular flexibility index (Phi) is 7.10. The topological polar surface area (TPSA) is 99.8 Å². The zero-order chi connectivity index (χ0) is 23.4. The Morgan fingerprint density at radius 2 is 2.03 bits per heavy atom. The Labute approximate surface area is 193 Å². The summed E-state index contributed by atoms with van der Waals surface area (Å²) in [5, 5.41) is 1.66. The SMILES string of the molecule is CCCC1=CNN(C)c2c1nc(-c1cc(C(=O)CN3CCOCC3)ccc1OCC)[nH]c2=O. The smallest absolute Gasteiger partial charge is 0.277 e. The number of fused-ring (bicyclic) bond motifs is 1. The van der Waals surface area contributed by atoms with Gasteiger partial charge in [-0.15, -0.1) is 0 Å². The van der Waals surface area contributed by atoms with E-state index >= 15 is 0 Å². The minimum Gasteiger partial charge on any atom is -0.493 e. The van der Waals surface area contributed by atoms with Crippen molar-refractivity contribution in [3.05, 3.63) is 46.0 Å². The van der Waals surface area contributed by atoms with Gasteiger partial charge in [0.15, 0.2) is 5.78 Å². The van der Waals surface area contributed by atoms with Gasteiger partial charge in [-0.2, -0.15) is 0 Å². The van der Waals surface area contributed by atoms with Gasteiger partial charge in [0.05, 0.1) is 31.9 Å². The molecule has 0 aliphatic carbocycles. The average molecular weight is 454 g/mol. The average Bonchev–Trinajstić information content (AvgIpc) is 2.81. The van der Waals surface area contributed by atoms with Gasteiger partial charge in [0.25, 0.3) is 5.56 Å². The molecule has 1 aromatic carbocycles. The fraction of sp³-hybridized carbons (Fsp3) is 0.458. The normalized spacial score (nSPS) is 16.1. The summed E-state index contributed by atoms with van der Waals surface area (Å²) in [6.07, 6.45) is 3.60. The van der Waals surface area contributed by atoms with Crippen molar-refractivity contribution in [3.63, 3.8) is 0 Å². The molecule has 1 saturated heterocycles. The van der Waals surface area contributed by atoms with Gasteiger partial charge in [-0.25, -0.2) is 4.98 Å². The number of hydrogen-bond acceptors (Lipinski definition) is 8. The highest BCUT2D eigenvalue weighted by molar-refractivity contribution is 5.99. The molecule has 2 aliphatic rings. The monoisotopic (exact) mass is 453 g/mol. The number of benzene rings is 1. The van der Waals surface area contributed by atoms with E-state index in [0.717, 1.165) is 31.5 Å². The molecule has 0 radical (unpaired) electrons. The van der Waals surface area contributed by atoms with Crippen LogP contribution in [0.2, 0.25) is 0 Å². The lowest BCUT2D eigenvalue weighted by atomic mass is 10.0. The van der Waals surface area contributed by atoms with Gasteiger partial charge in [-0.1, -0.05) is 13.3 Å². The second-order valence-corrected chi connectivity index (χ2v) is 8.18. The largest absolute Gasteiger partial charge is 0.493 e. The van der Waals surface area contributed by atoms with E-state index in [2.05, 4.69) is 22.2 Å². The Morgan fingerprint density at radius 3 is 2.76 bits per heavy atom. The highest BCUT2D eigenvalue weighted by Crippen LogP contribution is 2.33. The van der Waals surface area contributed by atoms with Gasteiger partial charge in [0.2, 0.25) is 0 Å². The molecule has 0 unspecified atom stereocenters. The lowest BCUT2D eigenvalue weighted by molar-refractivity contribution is 0.0371. The molecule has 33 heavy (non-hydrogen) atoms. The van der Waals surface area contributed by atoms with Crippen LogP contribution in [0.25, 0.3) is 17.0 Å². The van der Waals surface area contributed by atoms with Gasteiger partial charge in [0, 0.05) is 31.9 Å². The van der Waals surface area contributed by atoms with E-state index in [0.29, 0.717) is 60.4 Å². The highest BCUT2D eigenvalue weighted by atomic mass is 16.5. The third-order valence-corrected chi connectivity index (χ3v) is 5.81. The number of carbonyl (C=O) groups excluding carboxylic acids is 1. The molecule has 0 atom stereocenters. The molecule has 2 aliphatic heterocycles. The van der Waals surface area contributed by atoms with E-state index < -0.39 is 0 Å². The van der Waals surface area contributed by atoms with Crippen molar-refractivity contribution in [3.8, 4) is 17.1 Å². The first-order valence-corrected chi connectivity index (χ1v) is 11.5. The van der Waals surface area contributed by atoms with Crippen molar-refractivity contribution >= 4 is 17.0 Å². The summed E-state index contributed by atoms with van der Waals surface area (Å²) in [6, 6.07) is 5.32. The van der Waals surface area contributed by atoms with Crippen molar-refractivity contribution in [2.75, 3.05) is 51.5 Å². The van der Waals surface area contributed by atoms with Crippen molar-refractivity contribution in [1.82, 2.24) is 20.3 Å². The van der Waals surface area contributed by atoms with Gasteiger partial charge >= 0.3 is 0 Å². The molecule has 4 rings (SSSR count). The Balaban J connectivity index is 1.74. The van der Waals surface area contributed by atoms with Gasteiger partial charge in [-0.05, 0) is 37.1 Å². The molecule has 176 valence electrons. The third kappa shape index (κ3) is 4.94. The fourth-order valence-electron chi connectivity index (χ4n) is 4.12. The van der Waals surface area contributed by atoms with Crippen LogP contribution >= 0.6 is 0 Å². The maximum Gasteiger partial charge on any atom is 0.277 e. The molecule has 0 bridgehead atoms. The number of aromatic amines is 1. The van der Waals surface area contributed by atoms with E-state index in [1.54, 1.807) is 30.3 Å². The first-order valence-electron chi connectivity index (χ1n) is 11.5. The summed E-state index contributed by atoms with van der Waals surface area (Å²) in [4.78, 5) is 35.9. The lowest BCUT2D eigenvalue weighted by Crippen LogP contribution is -2.39. The van der Waals surface area contributed by atoms with Crippen LogP contribution in [0.15, 0.2) is 29.2 Å². The predicted octanol–water partition coefficient (Wildman–Crippen LogP) is 2.45. The number of ketones is 1. The molecule has 9 heteroatoms. The number of nitrogens with one attached hydrogen (secondary N) is 2. The minimum absolute atomic E-state index is 0.0111. The summed E-state index contributed by atoms with van der Waals surface area (Å²) in [7, 11) is 1.78. The second-order valence-electron chi connectivity index (χ2n) is 8.18. The number of morpholine rings is 1. The zero-order valence-corrected chi connectivity index (χ0v) is 19.4. The maximum atomic E-state index is 13.0. The Hall–Kier alpha value is -3.17. The quantitative estimate of drug-likeness (QED) is 0.588. The zero-order valence-electron chi connectivity index (χ0n) is 19.4. The summed E-state index contributed by atoms with van der Waals surface area (Å²) in [6.45, 7) is 7.52. The number of H-pyrrole nitrogens is 1. The van der Waals surface area contributed by atoms with Crippen LogP contribution in [0.5, 0.6) is 5.75 Å². The van der Waals surface area contributed by atoms with E-state index in [1.165, 1.54) is 0 Å². The molecule has 0 saturated carbocycles. The third-order valence-electron chi connectivity index (χ3n) is 5.81. The molecule has 3 heterocycles. The van der Waals surface area contributed by atoms with Crippen molar-refractivity contribution in [2.45, 2.75) is 26.7 Å². The standard InChI is InChI=1S/C24H31N5O4/c1-4-6-17-14-25-28(3)22-21(17)26-23(27-24(22)31)18-13-16(7-8-20(18)33-5-2)19(30)15-29-9-11-32-12-10-29/h7-8,13-14,25H,4-6,9-12,15H2,1-3H3,(H,26,27,31). The maximum absolute atomic E-state index is 13.0. The van der Waals surface area contributed by atoms with Gasteiger partial charge in [0.1, 0.15) is 23.0 Å². The fourth-order valence-corrected chi connectivity index (χ4v) is 4.12. The number of Topliss-reactive ketones (excluding diaryl/α,β-unsaturated/α-hetero) is 1. The van der Waals surface area contributed by atoms with E-state index in [4.69, 9.17) is 14.5 Å². The number of allylic oxidation sites excluding steroid dienone is 1. The first kappa shape index (κ1) is 23.0. The molecular weight excluding hydrogens is 422 g/mol. The van der Waals surface area contributed by atoms with Crippen molar-refractivity contribution in [1.29, 1.82) is 0 Å². The van der Waals surface area contributed by atoms with Crippen LogP contribution in [0.4, 0.5) is 5.69 Å². The van der Waals surface area contributed by atoms with Crippen molar-refractivity contribution < 1.29 is 14.3 Å². The van der Waals surface area contributed by atoms with E-state index in [1.807, 2.05) is 13.1 Å². The summed E-state index contributed by atoms with van der Waals surface area (Å²) < 4.78 is 11.2. The minimum atomic E-state index is -0.251. The molecular formula is C24H31N5O4. The van der Waals surface area contributed by atoms with Crippen molar-refractivity contribution in [2.24, 2.45) is 0 Å². The summed E-state index contributed by atoms with van der Waals surface area (Å²) in [5.74, 6) is 0.976. The first-order chi connectivity index (χ1) is 16.0. The van der Waals surface area contributed by atoms with E-state index in [-0.39, 0.29) is 11.3 Å². The molecule has 2 aromatic rings. The number of hydrogen-bond donors (Lipinski definition) is 2. The van der Waals surface area contributed by atoms with Gasteiger partial charge in [-0.3, -0.25) is 19.5 Å². The van der Waals surface area contributed by atoms with Gasteiger partial charge < -0.3 is 19.9 Å². The lowest BCUT2D eigenvalue weighted by Gasteiger charge is -2.27. The molecule has 0 spiro atoms. The molecule has 2 N–H and O–H groups in total. The van der Waals surface area contributed by atoms with Crippen LogP contribution in [-0.2, 0) is 4.74 Å². The predicted molar refractivity (Wildman–Crippen MR) is 127 cm³/mol. The molecule has 9 nitrogen and oxygen atoms in total. The number of rotatable bonds is 8. The van der Waals surface area contributed by atoms with E-state index in [9.17, 15) is 9.59 Å². The van der Waals surface area contributed by atoms with Crippen LogP contribution < -0.4 is 20.7 Å². The number of carbonyl (C=O) groups is 1. The second kappa shape index (κ2) is 10.2. The Morgan fingerprint density at radius 1 is 1.24 bits per heavy atom. The number of anilines is 1. The number of nitrogens with zero attached hydrogens (tertiary/aromatic N) is 3. The molecule has 0 amide bonds. The molecule has 1 fully saturated rings. The highest BCUT2D eigenvalue weighted by Gasteiger charge is 2.24. The summed E-state index contributed by atoms with van der Waals surface area (Å²) in [5.41, 5.74) is 6.09. The number of hydrazine groups is 1. The summed E-state index contributed by atoms with van der Waals surface area (Å²) >= 11 is 0. The van der Waals surface area contributed by atoms with Crippen LogP contribution in [0.1, 0.15) is 42.7 Å². The molecule has 1 aromatic heterocycles. The van der Waals surface area contributed by atoms with Crippen LogP contribution in [0.3, 0.4) is 0 Å². The number of ether oxygens (including phenoxy) is 2. The van der Waals surface area contributed by atoms with Crippen LogP contribution in [-0.4, -0.2) is 67.2 Å². The van der Waals surface area contributed by atoms with Crippen LogP contribution in [0, 0.1) is 0 Å². The number of aromatic nitrogens is 2.